The van der Waals surface area contributed by atoms with Gasteiger partial charge in [-0.25, -0.2) is 0 Å². The minimum Gasteiger partial charge on any atom is -0.480 e. The molecule has 2 aliphatic rings. The number of piperidine rings is 1. The van der Waals surface area contributed by atoms with Crippen LogP contribution in [0.1, 0.15) is 25.7 Å². The molecule has 2 saturated heterocycles. The number of nitrogens with one attached hydrogen (secondary N) is 2. The fourth-order valence-corrected chi connectivity index (χ4v) is 5.01. The number of hydrogen-bond donors (Lipinski definition) is 6. The highest BCUT2D eigenvalue weighted by atomic mass is 32.2. The van der Waals surface area contributed by atoms with Crippen LogP contribution in [0.2, 0.25) is 6.32 Å². The average molecular weight is 378 g/mol. The van der Waals surface area contributed by atoms with Crippen molar-refractivity contribution in [3.63, 3.8) is 0 Å². The summed E-state index contributed by atoms with van der Waals surface area (Å²) in [5.74, 6) is -1.84. The molecule has 10 nitrogen and oxygen atoms in total. The largest absolute Gasteiger partial charge is 0.480 e. The van der Waals surface area contributed by atoms with Crippen LogP contribution in [0, 0.1) is 5.92 Å². The number of carboxylic acids is 1. The van der Waals surface area contributed by atoms with Crippen molar-refractivity contribution in [2.24, 2.45) is 11.7 Å². The van der Waals surface area contributed by atoms with E-state index in [0.717, 1.165) is 17.4 Å². The van der Waals surface area contributed by atoms with Crippen molar-refractivity contribution >= 4 is 23.3 Å². The van der Waals surface area contributed by atoms with Gasteiger partial charge in [-0.2, -0.15) is 17.4 Å². The number of nitrogens with two attached hydrogens (primary N) is 1. The minimum absolute atomic E-state index is 0.00459. The van der Waals surface area contributed by atoms with E-state index in [1.165, 1.54) is 0 Å². The zero-order chi connectivity index (χ0) is 18.7. The van der Waals surface area contributed by atoms with Crippen LogP contribution in [0.5, 0.6) is 0 Å². The molecular formula is C13H27BN4O6S. The Kier molecular flexibility index (Phi) is 6.82. The summed E-state index contributed by atoms with van der Waals surface area (Å²) >= 11 is 0. The maximum absolute atomic E-state index is 12.6. The summed E-state index contributed by atoms with van der Waals surface area (Å²) in [4.78, 5) is 11.6. The number of aliphatic carboxylic acids is 1. The van der Waals surface area contributed by atoms with Crippen molar-refractivity contribution in [2.45, 2.75) is 43.6 Å². The number of hydrogen-bond acceptors (Lipinski definition) is 7. The Morgan fingerprint density at radius 3 is 2.56 bits per heavy atom. The van der Waals surface area contributed by atoms with Crippen molar-refractivity contribution in [3.05, 3.63) is 0 Å². The highest BCUT2D eigenvalue weighted by molar-refractivity contribution is 7.87. The topological polar surface area (TPSA) is 165 Å². The van der Waals surface area contributed by atoms with Crippen LogP contribution in [0.15, 0.2) is 0 Å². The molecule has 0 aromatic carbocycles. The van der Waals surface area contributed by atoms with E-state index in [4.69, 9.17) is 15.8 Å². The Morgan fingerprint density at radius 2 is 2.00 bits per heavy atom. The molecule has 12 heteroatoms. The summed E-state index contributed by atoms with van der Waals surface area (Å²) in [7, 11) is -5.30. The lowest BCUT2D eigenvalue weighted by Crippen LogP contribution is -2.56. The van der Waals surface area contributed by atoms with E-state index < -0.39 is 34.8 Å². The third-order valence-corrected chi connectivity index (χ3v) is 6.59. The molecule has 7 N–H and O–H groups in total. The van der Waals surface area contributed by atoms with E-state index in [1.54, 1.807) is 0 Å². The Balaban J connectivity index is 2.04. The molecule has 2 fully saturated rings. The molecule has 144 valence electrons. The molecule has 0 spiro atoms. The average Bonchev–Trinajstić information content (AvgIpc) is 2.87. The van der Waals surface area contributed by atoms with Crippen molar-refractivity contribution in [2.75, 3.05) is 26.2 Å². The lowest BCUT2D eigenvalue weighted by Gasteiger charge is -2.27. The van der Waals surface area contributed by atoms with Crippen molar-refractivity contribution < 1.29 is 28.4 Å². The van der Waals surface area contributed by atoms with Gasteiger partial charge in [-0.15, -0.1) is 0 Å². The Hall–Kier alpha value is -0.755. The monoisotopic (exact) mass is 378 g/mol. The van der Waals surface area contributed by atoms with Gasteiger partial charge in [-0.3, -0.25) is 4.79 Å². The van der Waals surface area contributed by atoms with Crippen molar-refractivity contribution in [3.8, 4) is 0 Å². The lowest BCUT2D eigenvalue weighted by atomic mass is 9.78. The third kappa shape index (κ3) is 5.13. The van der Waals surface area contributed by atoms with E-state index in [1.807, 2.05) is 0 Å². The maximum atomic E-state index is 12.6. The molecule has 0 aromatic heterocycles. The van der Waals surface area contributed by atoms with Gasteiger partial charge >= 0.3 is 13.1 Å². The molecule has 0 unspecified atom stereocenters. The molecular weight excluding hydrogens is 351 g/mol. The minimum atomic E-state index is -3.83. The number of carbonyl (C=O) groups is 1. The highest BCUT2D eigenvalue weighted by Crippen LogP contribution is 2.32. The molecule has 0 saturated carbocycles. The van der Waals surface area contributed by atoms with Crippen molar-refractivity contribution in [1.82, 2.24) is 14.3 Å². The quantitative estimate of drug-likeness (QED) is 0.253. The summed E-state index contributed by atoms with van der Waals surface area (Å²) in [6.07, 6.45) is 2.10. The second-order valence-corrected chi connectivity index (χ2v) is 8.60. The van der Waals surface area contributed by atoms with Gasteiger partial charge in [0.05, 0.1) is 0 Å². The first kappa shape index (κ1) is 20.6. The molecule has 0 radical (unpaired) electrons. The van der Waals surface area contributed by atoms with Gasteiger partial charge in [-0.1, -0.05) is 6.42 Å². The number of rotatable bonds is 8. The molecule has 2 rings (SSSR count). The van der Waals surface area contributed by atoms with E-state index in [9.17, 15) is 18.3 Å². The predicted molar refractivity (Wildman–Crippen MR) is 91.8 cm³/mol. The van der Waals surface area contributed by atoms with Gasteiger partial charge < -0.3 is 26.2 Å². The van der Waals surface area contributed by atoms with E-state index in [0.29, 0.717) is 25.7 Å². The van der Waals surface area contributed by atoms with Gasteiger partial charge in [0.2, 0.25) is 0 Å². The molecule has 2 aliphatic heterocycles. The fraction of sp³-hybridized carbons (Fsp3) is 0.923. The van der Waals surface area contributed by atoms with Gasteiger partial charge in [0.1, 0.15) is 5.54 Å². The standard InChI is InChI=1S/C13H27BN4O6S/c15-13(12(19)20)9-18(8-10(13)2-1-5-14(21)22)25(23,24)17-11-3-6-16-7-4-11/h10-11,16-17,21-22H,1-9,15H2,(H,19,20)/t10-,13-/m0/s1. The van der Waals surface area contributed by atoms with Crippen LogP contribution in [0.25, 0.3) is 0 Å². The SMILES string of the molecule is N[C@@]1(C(=O)O)CN(S(=O)(=O)NC2CCNCC2)C[C@@H]1CCCB(O)O. The molecule has 0 amide bonds. The first-order valence-electron chi connectivity index (χ1n) is 8.51. The second-order valence-electron chi connectivity index (χ2n) is 6.89. The fourth-order valence-electron chi connectivity index (χ4n) is 3.44. The summed E-state index contributed by atoms with van der Waals surface area (Å²) < 4.78 is 28.9. The van der Waals surface area contributed by atoms with Crippen LogP contribution in [-0.4, -0.2) is 78.7 Å². The lowest BCUT2D eigenvalue weighted by molar-refractivity contribution is -0.144. The molecule has 2 heterocycles. The molecule has 25 heavy (non-hydrogen) atoms. The van der Waals surface area contributed by atoms with E-state index in [2.05, 4.69) is 10.0 Å². The van der Waals surface area contributed by atoms with Gasteiger partial charge in [0, 0.05) is 25.0 Å². The van der Waals surface area contributed by atoms with Gasteiger partial charge in [0.15, 0.2) is 0 Å². The van der Waals surface area contributed by atoms with E-state index >= 15 is 0 Å². The number of nitrogens with zero attached hydrogens (tertiary/aromatic N) is 1. The summed E-state index contributed by atoms with van der Waals surface area (Å²) in [5.41, 5.74) is 4.34. The highest BCUT2D eigenvalue weighted by Gasteiger charge is 2.52. The van der Waals surface area contributed by atoms with Crippen LogP contribution in [0.3, 0.4) is 0 Å². The maximum Gasteiger partial charge on any atom is 0.451 e. The van der Waals surface area contributed by atoms with Crippen LogP contribution in [-0.2, 0) is 15.0 Å². The first-order valence-corrected chi connectivity index (χ1v) is 9.95. The van der Waals surface area contributed by atoms with E-state index in [-0.39, 0.29) is 25.5 Å². The number of carboxylic acid groups (broad SMARTS) is 1. The third-order valence-electron chi connectivity index (χ3n) is 5.00. The Labute approximate surface area is 148 Å². The second kappa shape index (κ2) is 8.29. The summed E-state index contributed by atoms with van der Waals surface area (Å²) in [6, 6.07) is -0.174. The molecule has 0 aromatic rings. The normalized spacial score (nSPS) is 29.0. The molecule has 2 atom stereocenters. The zero-order valence-electron chi connectivity index (χ0n) is 14.1. The summed E-state index contributed by atoms with van der Waals surface area (Å²) in [5, 5.41) is 30.5. The van der Waals surface area contributed by atoms with Crippen LogP contribution >= 0.6 is 0 Å². The molecule has 0 aliphatic carbocycles. The predicted octanol–water partition coefficient (Wildman–Crippen LogP) is -2.46. The Morgan fingerprint density at radius 1 is 1.36 bits per heavy atom. The van der Waals surface area contributed by atoms with Gasteiger partial charge in [0.25, 0.3) is 10.2 Å². The smallest absolute Gasteiger partial charge is 0.451 e. The molecule has 0 bridgehead atoms. The summed E-state index contributed by atoms with van der Waals surface area (Å²) in [6.45, 7) is 1.17. The van der Waals surface area contributed by atoms with Crippen LogP contribution < -0.4 is 15.8 Å². The van der Waals surface area contributed by atoms with Crippen LogP contribution in [0.4, 0.5) is 0 Å². The zero-order valence-corrected chi connectivity index (χ0v) is 14.9. The Bertz CT molecular complexity index is 571. The van der Waals surface area contributed by atoms with Gasteiger partial charge in [-0.05, 0) is 38.7 Å². The van der Waals surface area contributed by atoms with Crippen molar-refractivity contribution in [1.29, 1.82) is 0 Å². The first-order chi connectivity index (χ1) is 11.6.